The molecule has 0 fully saturated rings. The van der Waals surface area contributed by atoms with Crippen LogP contribution in [0.4, 0.5) is 0 Å². The number of aliphatic carboxylic acids is 2. The van der Waals surface area contributed by atoms with Crippen molar-refractivity contribution in [1.82, 2.24) is 0 Å². The number of hydrogen-bond donors (Lipinski definition) is 0. The maximum atomic E-state index is 9.41. The van der Waals surface area contributed by atoms with Crippen LogP contribution in [-0.2, 0) is 9.59 Å². The molecular formula is C4H10Li2O8. The molecule has 0 spiro atoms. The second-order valence-electron chi connectivity index (χ2n) is 0.971. The Hall–Kier alpha value is -0.285. The molecule has 0 amide bonds. The van der Waals surface area contributed by atoms with Crippen LogP contribution >= 0.6 is 0 Å². The Kier molecular flexibility index (Phi) is 103. The molecule has 0 aromatic heterocycles. The van der Waals surface area contributed by atoms with Gasteiger partial charge in [0.1, 0.15) is 0 Å². The molecule has 0 saturated heterocycles. The SMILES string of the molecule is O.O.O.O.O=C([O-])/C=C/C(=O)[O-].[Li+].[Li+]. The van der Waals surface area contributed by atoms with Crippen LogP contribution < -0.4 is 47.9 Å². The van der Waals surface area contributed by atoms with Crippen molar-refractivity contribution in [3.8, 4) is 0 Å². The standard InChI is InChI=1S/C4H4O4.2Li.4H2O/c5-3(6)1-2-4(7)8;;;;;;/h1-2H,(H,5,6)(H,7,8);;;4*1H2/q;2*+1;;;;/p-2/b2-1+;;;;;;. The Balaban J connectivity index is -0.0000000163. The molecule has 14 heavy (non-hydrogen) atoms. The van der Waals surface area contributed by atoms with Crippen molar-refractivity contribution >= 4 is 11.9 Å². The van der Waals surface area contributed by atoms with E-state index in [1.54, 1.807) is 0 Å². The van der Waals surface area contributed by atoms with Crippen LogP contribution in [0.2, 0.25) is 0 Å². The first-order chi connectivity index (χ1) is 3.63. The Morgan fingerprint density at radius 3 is 0.929 bits per heavy atom. The van der Waals surface area contributed by atoms with Crippen LogP contribution in [0.15, 0.2) is 12.2 Å². The number of carbonyl (C=O) groups is 2. The van der Waals surface area contributed by atoms with Gasteiger partial charge in [-0.1, -0.05) is 0 Å². The minimum absolute atomic E-state index is 0. The minimum Gasteiger partial charge on any atom is -0.545 e. The van der Waals surface area contributed by atoms with E-state index in [2.05, 4.69) is 0 Å². The normalized spacial score (nSPS) is 5.43. The van der Waals surface area contributed by atoms with Gasteiger partial charge in [0.2, 0.25) is 0 Å². The van der Waals surface area contributed by atoms with Crippen LogP contribution in [-0.4, -0.2) is 33.8 Å². The molecule has 10 heteroatoms. The average Bonchev–Trinajstić information content (AvgIpc) is 1.61. The largest absolute Gasteiger partial charge is 1.00 e. The molecule has 8 nitrogen and oxygen atoms in total. The average molecular weight is 200 g/mol. The van der Waals surface area contributed by atoms with Crippen molar-refractivity contribution in [3.63, 3.8) is 0 Å². The van der Waals surface area contributed by atoms with Gasteiger partial charge in [-0.05, 0) is 12.2 Å². The molecule has 0 bridgehead atoms. The molecule has 0 heterocycles. The maximum absolute atomic E-state index is 9.41. The summed E-state index contributed by atoms with van der Waals surface area (Å²) >= 11 is 0. The zero-order valence-electron chi connectivity index (χ0n) is 7.79. The second kappa shape index (κ2) is 29.3. The van der Waals surface area contributed by atoms with Crippen LogP contribution in [0.1, 0.15) is 0 Å². The molecule has 0 radical (unpaired) electrons. The molecule has 0 rings (SSSR count). The summed E-state index contributed by atoms with van der Waals surface area (Å²) in [4.78, 5) is 18.8. The summed E-state index contributed by atoms with van der Waals surface area (Å²) in [5.41, 5.74) is 0. The van der Waals surface area contributed by atoms with Gasteiger partial charge in [0, 0.05) is 0 Å². The fourth-order valence-corrected chi connectivity index (χ4v) is 0.136. The fraction of sp³-hybridized carbons (Fsp3) is 0. The van der Waals surface area contributed by atoms with Crippen molar-refractivity contribution < 1.29 is 79.4 Å². The van der Waals surface area contributed by atoms with Gasteiger partial charge in [-0.2, -0.15) is 0 Å². The molecule has 0 aliphatic rings. The van der Waals surface area contributed by atoms with E-state index < -0.39 is 11.9 Å². The van der Waals surface area contributed by atoms with Crippen LogP contribution in [0.25, 0.3) is 0 Å². The molecule has 0 aromatic carbocycles. The van der Waals surface area contributed by atoms with Gasteiger partial charge >= 0.3 is 37.7 Å². The minimum atomic E-state index is -1.55. The van der Waals surface area contributed by atoms with E-state index in [0.29, 0.717) is 12.2 Å². The van der Waals surface area contributed by atoms with Gasteiger partial charge in [-0.3, -0.25) is 0 Å². The fourth-order valence-electron chi connectivity index (χ4n) is 0.136. The first kappa shape index (κ1) is 49.2. The van der Waals surface area contributed by atoms with Crippen molar-refractivity contribution in [3.05, 3.63) is 12.2 Å². The van der Waals surface area contributed by atoms with Gasteiger partial charge in [0.15, 0.2) is 0 Å². The van der Waals surface area contributed by atoms with Gasteiger partial charge in [-0.15, -0.1) is 0 Å². The summed E-state index contributed by atoms with van der Waals surface area (Å²) in [5.74, 6) is -3.09. The van der Waals surface area contributed by atoms with E-state index in [1.165, 1.54) is 0 Å². The molecular weight excluding hydrogens is 190 g/mol. The van der Waals surface area contributed by atoms with E-state index in [4.69, 9.17) is 0 Å². The second-order valence-corrected chi connectivity index (χ2v) is 0.971. The monoisotopic (exact) mass is 200 g/mol. The van der Waals surface area contributed by atoms with E-state index in [-0.39, 0.29) is 59.6 Å². The zero-order valence-corrected chi connectivity index (χ0v) is 7.79. The predicted molar refractivity (Wildman–Crippen MR) is 33.6 cm³/mol. The Bertz CT molecular complexity index is 130. The molecule has 0 atom stereocenters. The van der Waals surface area contributed by atoms with E-state index in [9.17, 15) is 19.8 Å². The number of carboxylic acid groups (broad SMARTS) is 2. The molecule has 0 saturated carbocycles. The summed E-state index contributed by atoms with van der Waals surface area (Å²) < 4.78 is 0. The molecule has 0 aromatic rings. The van der Waals surface area contributed by atoms with Gasteiger partial charge in [0.25, 0.3) is 0 Å². The number of carboxylic acids is 2. The van der Waals surface area contributed by atoms with Crippen molar-refractivity contribution in [2.24, 2.45) is 0 Å². The predicted octanol–water partition coefficient (Wildman–Crippen LogP) is -12.2. The van der Waals surface area contributed by atoms with Crippen molar-refractivity contribution in [2.75, 3.05) is 0 Å². The maximum Gasteiger partial charge on any atom is 1.00 e. The van der Waals surface area contributed by atoms with Gasteiger partial charge in [0.05, 0.1) is 11.9 Å². The van der Waals surface area contributed by atoms with Crippen molar-refractivity contribution in [2.45, 2.75) is 0 Å². The summed E-state index contributed by atoms with van der Waals surface area (Å²) in [6, 6.07) is 0. The van der Waals surface area contributed by atoms with E-state index in [0.717, 1.165) is 0 Å². The third kappa shape index (κ3) is 60.5. The molecule has 0 aliphatic heterocycles. The molecule has 0 unspecified atom stereocenters. The van der Waals surface area contributed by atoms with Gasteiger partial charge in [-0.25, -0.2) is 0 Å². The summed E-state index contributed by atoms with van der Waals surface area (Å²) in [7, 11) is 0. The van der Waals surface area contributed by atoms with Crippen LogP contribution in [0.3, 0.4) is 0 Å². The quantitative estimate of drug-likeness (QED) is 0.313. The first-order valence-corrected chi connectivity index (χ1v) is 1.73. The summed E-state index contributed by atoms with van der Waals surface area (Å²) in [6.45, 7) is 0. The Labute approximate surface area is 104 Å². The van der Waals surface area contributed by atoms with Crippen LogP contribution in [0, 0.1) is 0 Å². The first-order valence-electron chi connectivity index (χ1n) is 1.73. The summed E-state index contributed by atoms with van der Waals surface area (Å²) in [5, 5.41) is 18.8. The number of carbonyl (C=O) groups excluding carboxylic acids is 2. The zero-order chi connectivity index (χ0) is 6.57. The smallest absolute Gasteiger partial charge is 0.545 e. The third-order valence-corrected chi connectivity index (χ3v) is 0.355. The van der Waals surface area contributed by atoms with E-state index >= 15 is 0 Å². The van der Waals surface area contributed by atoms with Gasteiger partial charge < -0.3 is 41.7 Å². The number of rotatable bonds is 2. The van der Waals surface area contributed by atoms with Crippen molar-refractivity contribution in [1.29, 1.82) is 0 Å². The Morgan fingerprint density at radius 2 is 0.857 bits per heavy atom. The topological polar surface area (TPSA) is 206 Å². The third-order valence-electron chi connectivity index (χ3n) is 0.355. The molecule has 8 N–H and O–H groups in total. The molecule has 76 valence electrons. The molecule has 0 aliphatic carbocycles. The Morgan fingerprint density at radius 1 is 0.714 bits per heavy atom. The number of hydrogen-bond acceptors (Lipinski definition) is 4. The van der Waals surface area contributed by atoms with E-state index in [1.807, 2.05) is 0 Å². The van der Waals surface area contributed by atoms with Crippen LogP contribution in [0.5, 0.6) is 0 Å². The summed E-state index contributed by atoms with van der Waals surface area (Å²) in [6.07, 6.45) is 0.769.